The number of esters is 1. The van der Waals surface area contributed by atoms with Crippen molar-refractivity contribution in [3.63, 3.8) is 0 Å². The lowest BCUT2D eigenvalue weighted by Crippen LogP contribution is -1.94. The summed E-state index contributed by atoms with van der Waals surface area (Å²) >= 11 is 0. The van der Waals surface area contributed by atoms with Crippen molar-refractivity contribution in [2.45, 2.75) is 6.61 Å². The van der Waals surface area contributed by atoms with Gasteiger partial charge in [-0.05, 0) is 5.56 Å². The van der Waals surface area contributed by atoms with Gasteiger partial charge in [-0.1, -0.05) is 30.3 Å². The van der Waals surface area contributed by atoms with Crippen LogP contribution in [0.2, 0.25) is 0 Å². The number of hydrogen-bond donors (Lipinski definition) is 0. The van der Waals surface area contributed by atoms with Gasteiger partial charge in [0.25, 0.3) is 0 Å². The van der Waals surface area contributed by atoms with Gasteiger partial charge in [-0.2, -0.15) is 0 Å². The number of methoxy groups -OCH3 is 1. The van der Waals surface area contributed by atoms with E-state index in [1.807, 2.05) is 30.3 Å². The standard InChI is InChI=1S/C11H12O3/c1-13-11(12)7-8-14-9-10-5-3-2-4-6-10/h2-8H,9H2,1H3/b8-7+. The van der Waals surface area contributed by atoms with Crippen molar-refractivity contribution in [3.8, 4) is 0 Å². The van der Waals surface area contributed by atoms with Crippen LogP contribution in [0.15, 0.2) is 42.7 Å². The van der Waals surface area contributed by atoms with Crippen LogP contribution in [0.1, 0.15) is 5.56 Å². The summed E-state index contributed by atoms with van der Waals surface area (Å²) < 4.78 is 9.51. The highest BCUT2D eigenvalue weighted by molar-refractivity contribution is 5.81. The zero-order valence-electron chi connectivity index (χ0n) is 7.97. The van der Waals surface area contributed by atoms with Crippen LogP contribution in [0.25, 0.3) is 0 Å². The molecule has 0 spiro atoms. The van der Waals surface area contributed by atoms with Gasteiger partial charge in [0.05, 0.1) is 19.4 Å². The molecule has 0 radical (unpaired) electrons. The van der Waals surface area contributed by atoms with Crippen LogP contribution in [0.3, 0.4) is 0 Å². The summed E-state index contributed by atoms with van der Waals surface area (Å²) in [5, 5.41) is 0. The number of benzene rings is 1. The van der Waals surface area contributed by atoms with E-state index >= 15 is 0 Å². The minimum atomic E-state index is -0.418. The van der Waals surface area contributed by atoms with Gasteiger partial charge in [0.2, 0.25) is 0 Å². The molecule has 0 aliphatic rings. The molecule has 3 heteroatoms. The van der Waals surface area contributed by atoms with Crippen LogP contribution in [-0.2, 0) is 20.9 Å². The van der Waals surface area contributed by atoms with Gasteiger partial charge in [0, 0.05) is 0 Å². The van der Waals surface area contributed by atoms with Crippen molar-refractivity contribution in [1.29, 1.82) is 0 Å². The van der Waals surface area contributed by atoms with E-state index in [0.717, 1.165) is 5.56 Å². The second-order valence-corrected chi connectivity index (χ2v) is 2.62. The number of ether oxygens (including phenoxy) is 2. The molecule has 0 N–H and O–H groups in total. The Morgan fingerprint density at radius 1 is 1.36 bits per heavy atom. The zero-order valence-corrected chi connectivity index (χ0v) is 7.97. The first kappa shape index (κ1) is 10.3. The van der Waals surface area contributed by atoms with Gasteiger partial charge >= 0.3 is 5.97 Å². The molecular weight excluding hydrogens is 180 g/mol. The number of rotatable bonds is 4. The van der Waals surface area contributed by atoms with Crippen molar-refractivity contribution < 1.29 is 14.3 Å². The number of hydrogen-bond acceptors (Lipinski definition) is 3. The highest BCUT2D eigenvalue weighted by Gasteiger charge is 1.91. The Balaban J connectivity index is 2.29. The van der Waals surface area contributed by atoms with E-state index in [1.54, 1.807) is 0 Å². The molecular formula is C11H12O3. The molecule has 74 valence electrons. The molecule has 1 aromatic rings. The van der Waals surface area contributed by atoms with Crippen molar-refractivity contribution >= 4 is 5.97 Å². The topological polar surface area (TPSA) is 35.5 Å². The Bertz CT molecular complexity index is 304. The fraction of sp³-hybridized carbons (Fsp3) is 0.182. The summed E-state index contributed by atoms with van der Waals surface area (Å²) in [6.07, 6.45) is 2.57. The van der Waals surface area contributed by atoms with Gasteiger partial charge in [-0.3, -0.25) is 0 Å². The maximum Gasteiger partial charge on any atom is 0.333 e. The summed E-state index contributed by atoms with van der Waals surface area (Å²) in [5.41, 5.74) is 1.06. The first-order valence-electron chi connectivity index (χ1n) is 4.23. The third-order valence-corrected chi connectivity index (χ3v) is 1.59. The highest BCUT2D eigenvalue weighted by Crippen LogP contribution is 2.00. The zero-order chi connectivity index (χ0) is 10.2. The molecule has 0 saturated heterocycles. The minimum Gasteiger partial charge on any atom is -0.496 e. The quantitative estimate of drug-likeness (QED) is 0.415. The number of carbonyl (C=O) groups excluding carboxylic acids is 1. The van der Waals surface area contributed by atoms with Crippen molar-refractivity contribution in [1.82, 2.24) is 0 Å². The van der Waals surface area contributed by atoms with E-state index in [4.69, 9.17) is 4.74 Å². The average molecular weight is 192 g/mol. The van der Waals surface area contributed by atoms with Crippen molar-refractivity contribution in [2.24, 2.45) is 0 Å². The summed E-state index contributed by atoms with van der Waals surface area (Å²) in [5.74, 6) is -0.418. The van der Waals surface area contributed by atoms with E-state index < -0.39 is 5.97 Å². The Morgan fingerprint density at radius 3 is 2.71 bits per heavy atom. The predicted octanol–water partition coefficient (Wildman–Crippen LogP) is 1.89. The van der Waals surface area contributed by atoms with Gasteiger partial charge in [0.15, 0.2) is 0 Å². The normalized spacial score (nSPS) is 10.1. The average Bonchev–Trinajstić information content (AvgIpc) is 2.25. The number of carbonyl (C=O) groups is 1. The van der Waals surface area contributed by atoms with E-state index in [1.165, 1.54) is 19.4 Å². The Labute approximate surface area is 83.0 Å². The second kappa shape index (κ2) is 5.80. The van der Waals surface area contributed by atoms with Crippen molar-refractivity contribution in [2.75, 3.05) is 7.11 Å². The largest absolute Gasteiger partial charge is 0.496 e. The first-order valence-corrected chi connectivity index (χ1v) is 4.23. The molecule has 1 aromatic carbocycles. The summed E-state index contributed by atoms with van der Waals surface area (Å²) in [4.78, 5) is 10.6. The molecule has 0 aliphatic heterocycles. The highest BCUT2D eigenvalue weighted by atomic mass is 16.5. The van der Waals surface area contributed by atoms with Gasteiger partial charge in [0.1, 0.15) is 6.61 Å². The molecule has 1 rings (SSSR count). The lowest BCUT2D eigenvalue weighted by atomic mass is 10.2. The Kier molecular flexibility index (Phi) is 4.27. The van der Waals surface area contributed by atoms with Crippen LogP contribution >= 0.6 is 0 Å². The fourth-order valence-corrected chi connectivity index (χ4v) is 0.890. The van der Waals surface area contributed by atoms with Crippen molar-refractivity contribution in [3.05, 3.63) is 48.2 Å². The van der Waals surface area contributed by atoms with Crippen LogP contribution in [0.4, 0.5) is 0 Å². The molecule has 0 aliphatic carbocycles. The van der Waals surface area contributed by atoms with Gasteiger partial charge in [-0.15, -0.1) is 0 Å². The molecule has 3 nitrogen and oxygen atoms in total. The third-order valence-electron chi connectivity index (χ3n) is 1.59. The minimum absolute atomic E-state index is 0.418. The Hall–Kier alpha value is -1.77. The van der Waals surface area contributed by atoms with E-state index in [2.05, 4.69) is 4.74 Å². The summed E-state index contributed by atoms with van der Waals surface area (Å²) in [6.45, 7) is 0.453. The van der Waals surface area contributed by atoms with Crippen LogP contribution in [0, 0.1) is 0 Å². The maximum absolute atomic E-state index is 10.6. The Morgan fingerprint density at radius 2 is 2.07 bits per heavy atom. The molecule has 0 bridgehead atoms. The van der Waals surface area contributed by atoms with E-state index in [-0.39, 0.29) is 0 Å². The SMILES string of the molecule is COC(=O)/C=C/OCc1ccccc1. The molecule has 14 heavy (non-hydrogen) atoms. The maximum atomic E-state index is 10.6. The molecule has 0 atom stereocenters. The smallest absolute Gasteiger partial charge is 0.333 e. The summed E-state index contributed by atoms with van der Waals surface area (Å²) in [7, 11) is 1.32. The molecule has 0 fully saturated rings. The molecule has 0 saturated carbocycles. The van der Waals surface area contributed by atoms with Crippen LogP contribution in [-0.4, -0.2) is 13.1 Å². The van der Waals surface area contributed by atoms with Crippen LogP contribution in [0.5, 0.6) is 0 Å². The molecule has 0 aromatic heterocycles. The lowest BCUT2D eigenvalue weighted by molar-refractivity contribution is -0.135. The van der Waals surface area contributed by atoms with Crippen LogP contribution < -0.4 is 0 Å². The van der Waals surface area contributed by atoms with Gasteiger partial charge in [-0.25, -0.2) is 4.79 Å². The van der Waals surface area contributed by atoms with Gasteiger partial charge < -0.3 is 9.47 Å². The molecule has 0 heterocycles. The molecule has 0 amide bonds. The fourth-order valence-electron chi connectivity index (χ4n) is 0.890. The van der Waals surface area contributed by atoms with E-state index in [9.17, 15) is 4.79 Å². The van der Waals surface area contributed by atoms with E-state index in [0.29, 0.717) is 6.61 Å². The first-order chi connectivity index (χ1) is 6.83. The predicted molar refractivity (Wildman–Crippen MR) is 52.4 cm³/mol. The molecule has 0 unspecified atom stereocenters. The lowest BCUT2D eigenvalue weighted by Gasteiger charge is -1.99. The third kappa shape index (κ3) is 3.76. The monoisotopic (exact) mass is 192 g/mol. The summed E-state index contributed by atoms with van der Waals surface area (Å²) in [6, 6.07) is 9.71. The second-order valence-electron chi connectivity index (χ2n) is 2.62.